The molecule has 1 aromatic carbocycles. The van der Waals surface area contributed by atoms with Crippen molar-refractivity contribution in [1.29, 1.82) is 0 Å². The summed E-state index contributed by atoms with van der Waals surface area (Å²) in [5.74, 6) is -0.189. The average molecular weight is 330 g/mol. The van der Waals surface area contributed by atoms with Crippen LogP contribution in [-0.2, 0) is 23.4 Å². The molecule has 0 spiro atoms. The van der Waals surface area contributed by atoms with Crippen LogP contribution in [0.15, 0.2) is 42.3 Å². The van der Waals surface area contributed by atoms with Crippen LogP contribution >= 0.6 is 11.3 Å². The summed E-state index contributed by atoms with van der Waals surface area (Å²) in [4.78, 5) is 18.5. The van der Waals surface area contributed by atoms with E-state index in [9.17, 15) is 9.90 Å². The lowest BCUT2D eigenvalue weighted by Crippen LogP contribution is -2.29. The molecule has 0 unspecified atom stereocenters. The topological polar surface area (TPSA) is 53.4 Å². The molecule has 0 atom stereocenters. The van der Waals surface area contributed by atoms with Crippen LogP contribution in [0.4, 0.5) is 5.69 Å². The number of aromatic nitrogens is 1. The molecular formula is C18H22N2O2S. The van der Waals surface area contributed by atoms with Gasteiger partial charge in [0.15, 0.2) is 0 Å². The van der Waals surface area contributed by atoms with Gasteiger partial charge >= 0.3 is 0 Å². The zero-order chi connectivity index (χ0) is 17.0. The maximum absolute atomic E-state index is 12.2. The number of benzene rings is 1. The zero-order valence-electron chi connectivity index (χ0n) is 13.7. The van der Waals surface area contributed by atoms with Crippen molar-refractivity contribution in [2.75, 3.05) is 4.90 Å². The van der Waals surface area contributed by atoms with Gasteiger partial charge in [0.2, 0.25) is 0 Å². The molecule has 0 aliphatic rings. The summed E-state index contributed by atoms with van der Waals surface area (Å²) >= 11 is 1.61. The number of aliphatic hydroxyl groups excluding tert-OH is 1. The number of amides is 1. The minimum atomic E-state index is -0.189. The Kier molecular flexibility index (Phi) is 5.34. The van der Waals surface area contributed by atoms with Crippen LogP contribution in [-0.4, -0.2) is 16.0 Å². The molecule has 0 radical (unpaired) electrons. The van der Waals surface area contributed by atoms with E-state index in [2.05, 4.69) is 32.3 Å². The zero-order valence-corrected chi connectivity index (χ0v) is 14.6. The second-order valence-electron chi connectivity index (χ2n) is 6.35. The molecule has 2 rings (SSSR count). The number of aliphatic hydroxyl groups is 1. The lowest BCUT2D eigenvalue weighted by atomic mass is 9.98. The minimum absolute atomic E-state index is 0.00695. The summed E-state index contributed by atoms with van der Waals surface area (Å²) in [6.45, 7) is 10.3. The lowest BCUT2D eigenvalue weighted by Gasteiger charge is -2.21. The molecule has 4 nitrogen and oxygen atoms in total. The largest absolute Gasteiger partial charge is 0.392 e. The fourth-order valence-corrected chi connectivity index (χ4v) is 3.01. The van der Waals surface area contributed by atoms with Gasteiger partial charge in [0.05, 0.1) is 23.9 Å². The number of carbonyl (C=O) groups excluding carboxylic acids is 1. The molecule has 0 bridgehead atoms. The highest BCUT2D eigenvalue weighted by Gasteiger charge is 2.20. The maximum Gasteiger partial charge on any atom is 0.250 e. The van der Waals surface area contributed by atoms with E-state index in [1.807, 2.05) is 23.6 Å². The molecular weight excluding hydrogens is 308 g/mol. The molecule has 0 saturated heterocycles. The molecule has 1 heterocycles. The second kappa shape index (κ2) is 7.06. The van der Waals surface area contributed by atoms with Crippen LogP contribution in [0.3, 0.4) is 0 Å². The van der Waals surface area contributed by atoms with Gasteiger partial charge in [0.1, 0.15) is 0 Å². The normalized spacial score (nSPS) is 11.3. The van der Waals surface area contributed by atoms with Crippen molar-refractivity contribution in [2.45, 2.75) is 39.3 Å². The minimum Gasteiger partial charge on any atom is -0.392 e. The molecule has 122 valence electrons. The summed E-state index contributed by atoms with van der Waals surface area (Å²) in [5.41, 5.74) is 2.34. The first-order valence-corrected chi connectivity index (χ1v) is 8.31. The van der Waals surface area contributed by atoms with Crippen molar-refractivity contribution >= 4 is 22.9 Å². The summed E-state index contributed by atoms with van der Waals surface area (Å²) in [7, 11) is 0. The fourth-order valence-electron chi connectivity index (χ4n) is 2.12. The van der Waals surface area contributed by atoms with E-state index in [0.29, 0.717) is 6.54 Å². The van der Waals surface area contributed by atoms with E-state index in [1.54, 1.807) is 22.3 Å². The molecule has 0 aliphatic heterocycles. The van der Waals surface area contributed by atoms with Gasteiger partial charge in [0.25, 0.3) is 5.91 Å². The Morgan fingerprint density at radius 3 is 2.74 bits per heavy atom. The van der Waals surface area contributed by atoms with Gasteiger partial charge < -0.3 is 10.0 Å². The summed E-state index contributed by atoms with van der Waals surface area (Å²) in [6.07, 6.45) is 1.29. The quantitative estimate of drug-likeness (QED) is 0.851. The summed E-state index contributed by atoms with van der Waals surface area (Å²) in [6, 6.07) is 7.29. The predicted octanol–water partition coefficient (Wildman–Crippen LogP) is 3.65. The third-order valence-corrected chi connectivity index (χ3v) is 4.68. The standard InChI is InChI=1S/C18H22N2O2S/c1-5-16(22)20(15-8-6-7-13(9-15)11-21)10-14-12-23-17(19-14)18(2,3)4/h5-9,12,21H,1,10-11H2,2-4H3. The first-order valence-electron chi connectivity index (χ1n) is 7.43. The number of rotatable bonds is 5. The van der Waals surface area contributed by atoms with Gasteiger partial charge in [-0.05, 0) is 23.8 Å². The van der Waals surface area contributed by atoms with E-state index in [-0.39, 0.29) is 17.9 Å². The van der Waals surface area contributed by atoms with Crippen LogP contribution in [0.5, 0.6) is 0 Å². The molecule has 23 heavy (non-hydrogen) atoms. The van der Waals surface area contributed by atoms with Crippen LogP contribution in [0, 0.1) is 0 Å². The van der Waals surface area contributed by atoms with Gasteiger partial charge in [-0.3, -0.25) is 4.79 Å². The predicted molar refractivity (Wildman–Crippen MR) is 94.6 cm³/mol. The lowest BCUT2D eigenvalue weighted by molar-refractivity contribution is -0.114. The van der Waals surface area contributed by atoms with Gasteiger partial charge in [-0.25, -0.2) is 4.98 Å². The van der Waals surface area contributed by atoms with Crippen molar-refractivity contribution in [3.63, 3.8) is 0 Å². The highest BCUT2D eigenvalue weighted by molar-refractivity contribution is 7.09. The van der Waals surface area contributed by atoms with Crippen LogP contribution in [0.25, 0.3) is 0 Å². The number of nitrogens with zero attached hydrogens (tertiary/aromatic N) is 2. The van der Waals surface area contributed by atoms with Gasteiger partial charge in [-0.15, -0.1) is 11.3 Å². The molecule has 2 aromatic rings. The molecule has 1 aromatic heterocycles. The fraction of sp³-hybridized carbons (Fsp3) is 0.333. The first-order chi connectivity index (χ1) is 10.8. The first kappa shape index (κ1) is 17.4. The van der Waals surface area contributed by atoms with Gasteiger partial charge in [0, 0.05) is 16.5 Å². The van der Waals surface area contributed by atoms with E-state index >= 15 is 0 Å². The van der Waals surface area contributed by atoms with Crippen molar-refractivity contribution in [1.82, 2.24) is 4.98 Å². The Balaban J connectivity index is 2.31. The number of hydrogen-bond donors (Lipinski definition) is 1. The molecule has 0 aliphatic carbocycles. The SMILES string of the molecule is C=CC(=O)N(Cc1csc(C(C)(C)C)n1)c1cccc(CO)c1. The molecule has 0 fully saturated rings. The number of anilines is 1. The smallest absolute Gasteiger partial charge is 0.250 e. The number of hydrogen-bond acceptors (Lipinski definition) is 4. The third-order valence-electron chi connectivity index (χ3n) is 3.36. The Morgan fingerprint density at radius 2 is 2.17 bits per heavy atom. The average Bonchev–Trinajstić information content (AvgIpc) is 3.01. The van der Waals surface area contributed by atoms with E-state index in [4.69, 9.17) is 0 Å². The molecule has 5 heteroatoms. The van der Waals surface area contributed by atoms with E-state index < -0.39 is 0 Å². The Labute approximate surface area is 141 Å². The van der Waals surface area contributed by atoms with Crippen LogP contribution < -0.4 is 4.90 Å². The Bertz CT molecular complexity index is 701. The van der Waals surface area contributed by atoms with E-state index in [1.165, 1.54) is 6.08 Å². The summed E-state index contributed by atoms with van der Waals surface area (Å²) < 4.78 is 0. The number of thiazole rings is 1. The van der Waals surface area contributed by atoms with Crippen molar-refractivity contribution in [3.05, 3.63) is 58.6 Å². The Morgan fingerprint density at radius 1 is 1.43 bits per heavy atom. The van der Waals surface area contributed by atoms with Gasteiger partial charge in [-0.1, -0.05) is 39.5 Å². The van der Waals surface area contributed by atoms with Crippen molar-refractivity contribution in [3.8, 4) is 0 Å². The van der Waals surface area contributed by atoms with Crippen LogP contribution in [0.1, 0.15) is 37.0 Å². The third kappa shape index (κ3) is 4.27. The summed E-state index contributed by atoms with van der Waals surface area (Å²) in [5, 5.41) is 12.3. The highest BCUT2D eigenvalue weighted by Crippen LogP contribution is 2.27. The Hall–Kier alpha value is -1.98. The second-order valence-corrected chi connectivity index (χ2v) is 7.21. The van der Waals surface area contributed by atoms with E-state index in [0.717, 1.165) is 22.0 Å². The van der Waals surface area contributed by atoms with Gasteiger partial charge in [-0.2, -0.15) is 0 Å². The maximum atomic E-state index is 12.2. The monoisotopic (exact) mass is 330 g/mol. The molecule has 1 N–H and O–H groups in total. The molecule has 1 amide bonds. The van der Waals surface area contributed by atoms with Crippen LogP contribution in [0.2, 0.25) is 0 Å². The van der Waals surface area contributed by atoms with Crippen molar-refractivity contribution in [2.24, 2.45) is 0 Å². The highest BCUT2D eigenvalue weighted by atomic mass is 32.1. The number of carbonyl (C=O) groups is 1. The molecule has 0 saturated carbocycles. The van der Waals surface area contributed by atoms with Crippen molar-refractivity contribution < 1.29 is 9.90 Å².